The predicted octanol–water partition coefficient (Wildman–Crippen LogP) is -2.13. The second kappa shape index (κ2) is 49.8. The Bertz CT molecular complexity index is 2280. The van der Waals surface area contributed by atoms with Crippen molar-refractivity contribution in [3.8, 4) is 0 Å². The summed E-state index contributed by atoms with van der Waals surface area (Å²) in [6, 6.07) is -1.76. The number of hydrogen-bond donors (Lipinski definition) is 16. The summed E-state index contributed by atoms with van der Waals surface area (Å²) in [4.78, 5) is 114. The third kappa shape index (κ3) is 33.5. The van der Waals surface area contributed by atoms with E-state index in [1.165, 1.54) is 60.9 Å². The minimum Gasteiger partial charge on any atom is -0.410 e. The molecule has 4 heterocycles. The van der Waals surface area contributed by atoms with Gasteiger partial charge >= 0.3 is 23.9 Å². The summed E-state index contributed by atoms with van der Waals surface area (Å²) >= 11 is 6.01. The van der Waals surface area contributed by atoms with Gasteiger partial charge in [-0.25, -0.2) is 0 Å². The quantitative estimate of drug-likeness (QED) is 0.0181. The lowest BCUT2D eigenvalue weighted by molar-refractivity contribution is -0.400. The van der Waals surface area contributed by atoms with E-state index in [9.17, 15) is 109 Å². The average molecular weight is 1530 g/mol. The standard InChI is InChI=1S/2C15H26O9S.2C14H23NO7S.4CH4/c2*1-8(6-25-2)10(18)3-9-11(19)4-15(22,23-7-17)24-14(9)13(21)12(20)5-16;2*1-8(6-23-3)10(18)4-12-13(15-9(2)17)11(19)5-14(20,22-12)21-7-16;;;;/h2*7-9,11-14,16,19-22H,3-6H2,1-2H3;2*7-8,11-13,19-20H,4-6H2,1-3H3,(H,15,17);4*1H4. The van der Waals surface area contributed by atoms with E-state index in [0.717, 1.165) is 0 Å². The van der Waals surface area contributed by atoms with Crippen LogP contribution in [0.5, 0.6) is 0 Å². The lowest BCUT2D eigenvalue weighted by Crippen LogP contribution is -2.61. The van der Waals surface area contributed by atoms with Gasteiger partial charge in [-0.05, 0) is 25.0 Å². The summed E-state index contributed by atoms with van der Waals surface area (Å²) in [5.41, 5.74) is 0. The van der Waals surface area contributed by atoms with Crippen LogP contribution in [0.1, 0.15) is 123 Å². The number of nitrogens with one attached hydrogen (secondary N) is 2. The molecule has 0 saturated carbocycles. The maximum atomic E-state index is 12.3. The van der Waals surface area contributed by atoms with Crippen molar-refractivity contribution >= 4 is 108 Å². The molecule has 4 fully saturated rings. The highest BCUT2D eigenvalue weighted by Crippen LogP contribution is 2.39. The van der Waals surface area contributed by atoms with Gasteiger partial charge < -0.3 is 120 Å². The lowest BCUT2D eigenvalue weighted by Gasteiger charge is -2.45. The summed E-state index contributed by atoms with van der Waals surface area (Å²) in [6.07, 6.45) is -11.7. The minimum absolute atomic E-state index is 0. The summed E-state index contributed by atoms with van der Waals surface area (Å²) in [5, 5.41) is 144. The molecule has 0 aromatic carbocycles. The molecule has 38 heteroatoms. The van der Waals surface area contributed by atoms with Crippen molar-refractivity contribution in [2.24, 2.45) is 35.5 Å². The minimum atomic E-state index is -2.49. The Morgan fingerprint density at radius 3 is 0.890 bits per heavy atom. The normalized spacial score (nSPS) is 31.4. The zero-order valence-electron chi connectivity index (χ0n) is 55.0. The molecule has 0 radical (unpaired) electrons. The number of aliphatic hydroxyl groups is 14. The van der Waals surface area contributed by atoms with Crippen LogP contribution < -0.4 is 10.6 Å². The largest absolute Gasteiger partial charge is 0.410 e. The van der Waals surface area contributed by atoms with E-state index in [-0.39, 0.29) is 128 Å². The van der Waals surface area contributed by atoms with Crippen LogP contribution in [-0.4, -0.2) is 303 Å². The Hall–Kier alpha value is -3.82. The molecule has 100 heavy (non-hydrogen) atoms. The van der Waals surface area contributed by atoms with Gasteiger partial charge in [-0.3, -0.25) is 47.9 Å². The SMILES string of the molecule is C.C.C.C.CSCC(C)C(=O)CC1C(O)CC(O)(OC=O)OC1C(O)C(O)CO.CSCC(C)C(=O)CC1C(O)CC(O)(OC=O)OC1C(O)C(O)CO.CSCC(C)C(=O)CC1OC(O)(OC=O)CC(O)C1NC(C)=O.CSCC(C)C(=O)CC1OC(O)(OC=O)CC(O)C1NC(C)=O. The highest BCUT2D eigenvalue weighted by molar-refractivity contribution is 7.99. The molecule has 16 N–H and O–H groups in total. The van der Waals surface area contributed by atoms with Gasteiger partial charge in [0.25, 0.3) is 25.9 Å². The first kappa shape index (κ1) is 103. The van der Waals surface area contributed by atoms with E-state index in [0.29, 0.717) is 23.0 Å². The first-order valence-electron chi connectivity index (χ1n) is 30.2. The molecule has 0 bridgehead atoms. The van der Waals surface area contributed by atoms with Crippen LogP contribution in [0.15, 0.2) is 0 Å². The van der Waals surface area contributed by atoms with Crippen molar-refractivity contribution in [1.82, 2.24) is 10.6 Å². The molecule has 4 aliphatic rings. The van der Waals surface area contributed by atoms with Crippen LogP contribution in [0.4, 0.5) is 0 Å². The van der Waals surface area contributed by atoms with Gasteiger partial charge in [-0.2, -0.15) is 47.0 Å². The molecule has 24 unspecified atom stereocenters. The smallest absolute Gasteiger partial charge is 0.329 e. The van der Waals surface area contributed by atoms with Crippen molar-refractivity contribution in [3.63, 3.8) is 0 Å². The molecular formula is C62H114N2O32S4. The van der Waals surface area contributed by atoms with Crippen molar-refractivity contribution in [3.05, 3.63) is 0 Å². The highest BCUT2D eigenvalue weighted by Gasteiger charge is 2.55. The molecule has 0 aromatic rings. The number of aliphatic hydroxyl groups excluding tert-OH is 10. The first-order chi connectivity index (χ1) is 44.8. The van der Waals surface area contributed by atoms with Crippen molar-refractivity contribution in [1.29, 1.82) is 0 Å². The number of hydrogen-bond acceptors (Lipinski definition) is 36. The number of thioether (sulfide) groups is 4. The molecule has 0 spiro atoms. The average Bonchev–Trinajstić information content (AvgIpc) is 0.804. The van der Waals surface area contributed by atoms with E-state index in [1.54, 1.807) is 27.7 Å². The van der Waals surface area contributed by atoms with E-state index in [1.807, 2.05) is 25.0 Å². The molecule has 588 valence electrons. The number of rotatable bonds is 36. The molecule has 24 atom stereocenters. The Morgan fingerprint density at radius 2 is 0.670 bits per heavy atom. The molecule has 4 saturated heterocycles. The fourth-order valence-corrected chi connectivity index (χ4v) is 13.3. The molecule has 4 aliphatic heterocycles. The Kier molecular flexibility index (Phi) is 51.1. The van der Waals surface area contributed by atoms with Crippen LogP contribution in [0.3, 0.4) is 0 Å². The van der Waals surface area contributed by atoms with Crippen LogP contribution in [-0.2, 0) is 85.8 Å². The number of amides is 2. The van der Waals surface area contributed by atoms with E-state index >= 15 is 0 Å². The zero-order valence-corrected chi connectivity index (χ0v) is 58.3. The number of ether oxygens (including phenoxy) is 8. The zero-order chi connectivity index (χ0) is 73.6. The maximum absolute atomic E-state index is 12.3. The number of carbonyl (C=O) groups excluding carboxylic acids is 10. The Balaban J connectivity index is -0.000000607. The molecular weight excluding hydrogens is 1410 g/mol. The van der Waals surface area contributed by atoms with Gasteiger partial charge in [0.1, 0.15) is 47.5 Å². The van der Waals surface area contributed by atoms with Gasteiger partial charge in [0, 0.05) is 98.0 Å². The summed E-state index contributed by atoms with van der Waals surface area (Å²) in [6.45, 7) is 7.77. The molecule has 0 aromatic heterocycles. The fraction of sp³-hybridized carbons (Fsp3) is 0.839. The van der Waals surface area contributed by atoms with Gasteiger partial charge in [0.15, 0.2) is 0 Å². The molecule has 34 nitrogen and oxygen atoms in total. The fourth-order valence-electron chi connectivity index (χ4n) is 10.6. The summed E-state index contributed by atoms with van der Waals surface area (Å²) in [7, 11) is 0. The number of Topliss-reactive ketones (excluding diaryl/α,β-unsaturated/α-hetero) is 4. The van der Waals surface area contributed by atoms with Crippen molar-refractivity contribution < 1.29 is 157 Å². The van der Waals surface area contributed by atoms with Gasteiger partial charge in [-0.15, -0.1) is 0 Å². The van der Waals surface area contributed by atoms with E-state index in [2.05, 4.69) is 29.6 Å². The van der Waals surface area contributed by atoms with E-state index < -0.39 is 172 Å². The number of carbonyl (C=O) groups is 10. The third-order valence-electron chi connectivity index (χ3n) is 15.7. The predicted molar refractivity (Wildman–Crippen MR) is 366 cm³/mol. The van der Waals surface area contributed by atoms with Gasteiger partial charge in [-0.1, -0.05) is 57.4 Å². The Labute approximate surface area is 601 Å². The first-order valence-corrected chi connectivity index (χ1v) is 35.7. The van der Waals surface area contributed by atoms with Crippen LogP contribution in [0, 0.1) is 35.5 Å². The third-order valence-corrected chi connectivity index (χ3v) is 19.0. The van der Waals surface area contributed by atoms with Crippen LogP contribution >= 0.6 is 47.0 Å². The van der Waals surface area contributed by atoms with Gasteiger partial charge in [0.05, 0.1) is 99.8 Å². The summed E-state index contributed by atoms with van der Waals surface area (Å²) < 4.78 is 38.8. The lowest BCUT2D eigenvalue weighted by atomic mass is 9.80. The highest BCUT2D eigenvalue weighted by atomic mass is 32.2. The monoisotopic (exact) mass is 1530 g/mol. The maximum Gasteiger partial charge on any atom is 0.329 e. The second-order valence-electron chi connectivity index (χ2n) is 23.6. The second-order valence-corrected chi connectivity index (χ2v) is 27.3. The molecule has 0 aliphatic carbocycles. The van der Waals surface area contributed by atoms with Gasteiger partial charge in [0.2, 0.25) is 11.8 Å². The van der Waals surface area contributed by atoms with Crippen molar-refractivity contribution in [2.45, 2.75) is 232 Å². The number of ketones is 4. The molecule has 2 amide bonds. The van der Waals surface area contributed by atoms with E-state index in [4.69, 9.17) is 29.2 Å². The Morgan fingerprint density at radius 1 is 0.440 bits per heavy atom. The van der Waals surface area contributed by atoms with Crippen LogP contribution in [0.2, 0.25) is 0 Å². The van der Waals surface area contributed by atoms with Crippen LogP contribution in [0.25, 0.3) is 0 Å². The topological polar surface area (TPSA) is 552 Å². The van der Waals surface area contributed by atoms with Crippen molar-refractivity contribution in [2.75, 3.05) is 61.2 Å². The summed E-state index contributed by atoms with van der Waals surface area (Å²) in [5.74, 6) is -11.7. The molecule has 4 rings (SSSR count).